The van der Waals surface area contributed by atoms with E-state index in [1.807, 2.05) is 0 Å². The summed E-state index contributed by atoms with van der Waals surface area (Å²) >= 11 is 0. The van der Waals surface area contributed by atoms with Gasteiger partial charge in [-0.2, -0.15) is 0 Å². The van der Waals surface area contributed by atoms with Crippen molar-refractivity contribution < 1.29 is 23.7 Å². The highest BCUT2D eigenvalue weighted by Gasteiger charge is 2.22. The van der Waals surface area contributed by atoms with Crippen LogP contribution in [-0.4, -0.2) is 36.4 Å². The summed E-state index contributed by atoms with van der Waals surface area (Å²) in [6.45, 7) is 2.08. The SMILES string of the molecule is CCOC(=O)c1nc(-c2ccc3c(c2)OCO3)nc(N)c1OC. The molecule has 0 radical (unpaired) electrons. The molecule has 8 nitrogen and oxygen atoms in total. The molecule has 0 fully saturated rings. The average Bonchev–Trinajstić information content (AvgIpc) is 3.01. The van der Waals surface area contributed by atoms with E-state index in [1.54, 1.807) is 25.1 Å². The molecule has 2 N–H and O–H groups in total. The number of aromatic nitrogens is 2. The maximum absolute atomic E-state index is 12.1. The molecule has 0 amide bonds. The van der Waals surface area contributed by atoms with Crippen molar-refractivity contribution in [1.82, 2.24) is 9.97 Å². The van der Waals surface area contributed by atoms with E-state index in [9.17, 15) is 4.79 Å². The first-order valence-corrected chi connectivity index (χ1v) is 6.92. The number of nitrogens with zero attached hydrogens (tertiary/aromatic N) is 2. The maximum Gasteiger partial charge on any atom is 0.361 e. The number of fused-ring (bicyclic) bond motifs is 1. The molecular formula is C15H15N3O5. The molecule has 2 aromatic rings. The van der Waals surface area contributed by atoms with Crippen LogP contribution in [0.3, 0.4) is 0 Å². The summed E-state index contributed by atoms with van der Waals surface area (Å²) in [6.07, 6.45) is 0. The maximum atomic E-state index is 12.1. The third-order valence-electron chi connectivity index (χ3n) is 3.20. The molecule has 0 unspecified atom stereocenters. The van der Waals surface area contributed by atoms with Crippen LogP contribution in [0.2, 0.25) is 0 Å². The Balaban J connectivity index is 2.08. The summed E-state index contributed by atoms with van der Waals surface area (Å²) in [4.78, 5) is 20.5. The number of nitrogens with two attached hydrogens (primary N) is 1. The first-order chi connectivity index (χ1) is 11.1. The van der Waals surface area contributed by atoms with Crippen molar-refractivity contribution in [2.45, 2.75) is 6.92 Å². The molecule has 0 bridgehead atoms. The van der Waals surface area contributed by atoms with Gasteiger partial charge < -0.3 is 24.7 Å². The summed E-state index contributed by atoms with van der Waals surface area (Å²) in [5.74, 6) is 1.01. The molecule has 120 valence electrons. The minimum atomic E-state index is -0.625. The first-order valence-electron chi connectivity index (χ1n) is 6.92. The Morgan fingerprint density at radius 2 is 2.09 bits per heavy atom. The second-order valence-corrected chi connectivity index (χ2v) is 4.60. The van der Waals surface area contributed by atoms with E-state index < -0.39 is 5.97 Å². The van der Waals surface area contributed by atoms with Gasteiger partial charge in [0, 0.05) is 5.56 Å². The summed E-state index contributed by atoms with van der Waals surface area (Å²) in [5.41, 5.74) is 6.49. The van der Waals surface area contributed by atoms with Crippen molar-refractivity contribution in [2.24, 2.45) is 0 Å². The Labute approximate surface area is 132 Å². The number of carbonyl (C=O) groups is 1. The Morgan fingerprint density at radius 3 is 2.83 bits per heavy atom. The van der Waals surface area contributed by atoms with Crippen LogP contribution in [0.1, 0.15) is 17.4 Å². The lowest BCUT2D eigenvalue weighted by atomic mass is 10.2. The molecule has 0 spiro atoms. The first kappa shape index (κ1) is 14.9. The number of nitrogen functional groups attached to an aromatic ring is 1. The van der Waals surface area contributed by atoms with Crippen LogP contribution in [0.4, 0.5) is 5.82 Å². The van der Waals surface area contributed by atoms with E-state index in [4.69, 9.17) is 24.7 Å². The minimum absolute atomic E-state index is 0.0190. The molecule has 1 aromatic carbocycles. The Hall–Kier alpha value is -3.03. The molecule has 23 heavy (non-hydrogen) atoms. The normalized spacial score (nSPS) is 12.1. The van der Waals surface area contributed by atoms with Gasteiger partial charge in [0.15, 0.2) is 34.6 Å². The molecule has 0 saturated heterocycles. The van der Waals surface area contributed by atoms with Crippen molar-refractivity contribution in [3.63, 3.8) is 0 Å². The molecular weight excluding hydrogens is 302 g/mol. The van der Waals surface area contributed by atoms with Crippen LogP contribution in [-0.2, 0) is 4.74 Å². The lowest BCUT2D eigenvalue weighted by Crippen LogP contribution is -2.13. The molecule has 2 heterocycles. The van der Waals surface area contributed by atoms with E-state index in [1.165, 1.54) is 7.11 Å². The smallest absolute Gasteiger partial charge is 0.361 e. The monoisotopic (exact) mass is 317 g/mol. The molecule has 1 aliphatic heterocycles. The molecule has 8 heteroatoms. The molecule has 0 aliphatic carbocycles. The van der Waals surface area contributed by atoms with Crippen LogP contribution in [0, 0.1) is 0 Å². The largest absolute Gasteiger partial charge is 0.491 e. The van der Waals surface area contributed by atoms with Crippen molar-refractivity contribution in [3.05, 3.63) is 23.9 Å². The quantitative estimate of drug-likeness (QED) is 0.848. The predicted molar refractivity (Wildman–Crippen MR) is 80.5 cm³/mol. The number of methoxy groups -OCH3 is 1. The molecule has 0 saturated carbocycles. The lowest BCUT2D eigenvalue weighted by molar-refractivity contribution is 0.0515. The molecule has 0 atom stereocenters. The standard InChI is InChI=1S/C15H15N3O5/c1-3-21-15(19)11-12(20-2)13(16)18-14(17-11)8-4-5-9-10(6-8)23-7-22-9/h4-6H,3,7H2,1-2H3,(H2,16,17,18). The van der Waals surface area contributed by atoms with Crippen LogP contribution < -0.4 is 19.9 Å². The second kappa shape index (κ2) is 5.99. The van der Waals surface area contributed by atoms with Crippen LogP contribution >= 0.6 is 0 Å². The fourth-order valence-corrected chi connectivity index (χ4v) is 2.17. The zero-order chi connectivity index (χ0) is 16.4. The van der Waals surface area contributed by atoms with Crippen molar-refractivity contribution in [2.75, 3.05) is 26.2 Å². The summed E-state index contributed by atoms with van der Waals surface area (Å²) < 4.78 is 20.7. The van der Waals surface area contributed by atoms with Gasteiger partial charge in [0.1, 0.15) is 0 Å². The van der Waals surface area contributed by atoms with Gasteiger partial charge in [-0.15, -0.1) is 0 Å². The van der Waals surface area contributed by atoms with Crippen LogP contribution in [0.5, 0.6) is 17.2 Å². The van der Waals surface area contributed by atoms with Crippen LogP contribution in [0.25, 0.3) is 11.4 Å². The molecule has 1 aromatic heterocycles. The summed E-state index contributed by atoms with van der Waals surface area (Å²) in [7, 11) is 1.39. The number of esters is 1. The highest BCUT2D eigenvalue weighted by atomic mass is 16.7. The number of ether oxygens (including phenoxy) is 4. The Kier molecular flexibility index (Phi) is 3.88. The van der Waals surface area contributed by atoms with E-state index in [0.717, 1.165) is 0 Å². The van der Waals surface area contributed by atoms with E-state index in [0.29, 0.717) is 17.1 Å². The number of anilines is 1. The van der Waals surface area contributed by atoms with Gasteiger partial charge in [-0.1, -0.05) is 0 Å². The molecule has 1 aliphatic rings. The van der Waals surface area contributed by atoms with E-state index >= 15 is 0 Å². The fraction of sp³-hybridized carbons (Fsp3) is 0.267. The fourth-order valence-electron chi connectivity index (χ4n) is 2.17. The van der Waals surface area contributed by atoms with Gasteiger partial charge in [-0.3, -0.25) is 0 Å². The zero-order valence-corrected chi connectivity index (χ0v) is 12.7. The number of hydrogen-bond donors (Lipinski definition) is 1. The van der Waals surface area contributed by atoms with Crippen molar-refractivity contribution >= 4 is 11.8 Å². The number of benzene rings is 1. The number of carbonyl (C=O) groups excluding carboxylic acids is 1. The Morgan fingerprint density at radius 1 is 1.30 bits per heavy atom. The van der Waals surface area contributed by atoms with Crippen molar-refractivity contribution in [3.8, 4) is 28.6 Å². The average molecular weight is 317 g/mol. The van der Waals surface area contributed by atoms with Crippen molar-refractivity contribution in [1.29, 1.82) is 0 Å². The Bertz CT molecular complexity index is 763. The highest BCUT2D eigenvalue weighted by molar-refractivity contribution is 5.92. The number of rotatable bonds is 4. The zero-order valence-electron chi connectivity index (χ0n) is 12.7. The molecule has 3 rings (SSSR count). The summed E-state index contributed by atoms with van der Waals surface area (Å²) in [6, 6.07) is 5.22. The van der Waals surface area contributed by atoms with Gasteiger partial charge >= 0.3 is 5.97 Å². The topological polar surface area (TPSA) is 106 Å². The van der Waals surface area contributed by atoms with Gasteiger partial charge in [-0.25, -0.2) is 14.8 Å². The van der Waals surface area contributed by atoms with Gasteiger partial charge in [0.25, 0.3) is 0 Å². The van der Waals surface area contributed by atoms with Gasteiger partial charge in [0.05, 0.1) is 13.7 Å². The second-order valence-electron chi connectivity index (χ2n) is 4.60. The third kappa shape index (κ3) is 2.70. The van der Waals surface area contributed by atoms with Crippen LogP contribution in [0.15, 0.2) is 18.2 Å². The number of hydrogen-bond acceptors (Lipinski definition) is 8. The summed E-state index contributed by atoms with van der Waals surface area (Å²) in [5, 5.41) is 0. The van der Waals surface area contributed by atoms with E-state index in [2.05, 4.69) is 9.97 Å². The highest BCUT2D eigenvalue weighted by Crippen LogP contribution is 2.36. The minimum Gasteiger partial charge on any atom is -0.491 e. The van der Waals surface area contributed by atoms with E-state index in [-0.39, 0.29) is 36.5 Å². The predicted octanol–water partition coefficient (Wildman–Crippen LogP) is 1.64. The van der Waals surface area contributed by atoms with Gasteiger partial charge in [-0.05, 0) is 25.1 Å². The third-order valence-corrected chi connectivity index (χ3v) is 3.20. The lowest BCUT2D eigenvalue weighted by Gasteiger charge is -2.11. The van der Waals surface area contributed by atoms with Gasteiger partial charge in [0.2, 0.25) is 6.79 Å².